The molecule has 0 saturated carbocycles. The van der Waals surface area contributed by atoms with E-state index in [1.165, 1.54) is 12.4 Å². The number of rotatable bonds is 2. The highest BCUT2D eigenvalue weighted by Crippen LogP contribution is 2.19. The van der Waals surface area contributed by atoms with Crippen molar-refractivity contribution < 1.29 is 4.79 Å². The number of nitrogens with one attached hydrogen (secondary N) is 1. The van der Waals surface area contributed by atoms with Crippen molar-refractivity contribution in [1.82, 2.24) is 15.3 Å². The smallest absolute Gasteiger partial charge is 0.273 e. The predicted molar refractivity (Wildman–Crippen MR) is 63.4 cm³/mol. The zero-order valence-corrected chi connectivity index (χ0v) is 10.7. The Balaban J connectivity index is 2.78. The summed E-state index contributed by atoms with van der Waals surface area (Å²) in [5.41, 5.74) is 0.157. The highest BCUT2D eigenvalue weighted by Gasteiger charge is 2.23. The predicted octanol–water partition coefficient (Wildman–Crippen LogP) is 2.29. The Kier molecular flexibility index (Phi) is 3.86. The van der Waals surface area contributed by atoms with Gasteiger partial charge in [0.15, 0.2) is 10.8 Å². The summed E-state index contributed by atoms with van der Waals surface area (Å²) in [4.78, 5) is 19.5. The summed E-state index contributed by atoms with van der Waals surface area (Å²) >= 11 is 5.78. The first-order valence-corrected chi connectivity index (χ1v) is 5.47. The van der Waals surface area contributed by atoms with Gasteiger partial charge in [-0.05, 0) is 12.3 Å². The first kappa shape index (κ1) is 12.9. The fourth-order valence-corrected chi connectivity index (χ4v) is 1.15. The molecule has 1 atom stereocenters. The van der Waals surface area contributed by atoms with Crippen LogP contribution in [0.25, 0.3) is 0 Å². The summed E-state index contributed by atoms with van der Waals surface area (Å²) in [5, 5.41) is 2.98. The maximum absolute atomic E-state index is 11.8. The van der Waals surface area contributed by atoms with Crippen molar-refractivity contribution in [3.8, 4) is 0 Å². The number of carbonyl (C=O) groups is 1. The van der Waals surface area contributed by atoms with Crippen molar-refractivity contribution in [1.29, 1.82) is 0 Å². The summed E-state index contributed by atoms with van der Waals surface area (Å²) in [6.45, 7) is 8.10. The molecule has 1 N–H and O–H groups in total. The summed E-state index contributed by atoms with van der Waals surface area (Å²) < 4.78 is 0. The quantitative estimate of drug-likeness (QED) is 0.865. The molecule has 0 fully saturated rings. The lowest BCUT2D eigenvalue weighted by Crippen LogP contribution is -2.41. The SMILES string of the molecule is C[C@@H](NC(=O)c1nccnc1Cl)C(C)(C)C. The number of halogens is 1. The molecule has 4 nitrogen and oxygen atoms in total. The zero-order valence-electron chi connectivity index (χ0n) is 9.91. The van der Waals surface area contributed by atoms with Gasteiger partial charge >= 0.3 is 0 Å². The molecule has 1 rings (SSSR count). The van der Waals surface area contributed by atoms with Crippen LogP contribution >= 0.6 is 11.6 Å². The van der Waals surface area contributed by atoms with Gasteiger partial charge in [0.2, 0.25) is 0 Å². The highest BCUT2D eigenvalue weighted by atomic mass is 35.5. The number of hydrogen-bond acceptors (Lipinski definition) is 3. The molecular formula is C11H16ClN3O. The van der Waals surface area contributed by atoms with Gasteiger partial charge in [0.05, 0.1) is 0 Å². The lowest BCUT2D eigenvalue weighted by molar-refractivity contribution is 0.0905. The van der Waals surface area contributed by atoms with Crippen LogP contribution in [0.3, 0.4) is 0 Å². The average molecular weight is 242 g/mol. The van der Waals surface area contributed by atoms with E-state index >= 15 is 0 Å². The number of aromatic nitrogens is 2. The van der Waals surface area contributed by atoms with Crippen LogP contribution in [0, 0.1) is 5.41 Å². The Hall–Kier alpha value is -1.16. The Morgan fingerprint density at radius 2 is 1.94 bits per heavy atom. The van der Waals surface area contributed by atoms with Crippen LogP contribution in [-0.4, -0.2) is 21.9 Å². The molecule has 5 heteroatoms. The molecule has 1 aromatic heterocycles. The van der Waals surface area contributed by atoms with E-state index in [0.29, 0.717) is 0 Å². The van der Waals surface area contributed by atoms with Crippen molar-refractivity contribution >= 4 is 17.5 Å². The minimum absolute atomic E-state index is 0.00958. The van der Waals surface area contributed by atoms with Crippen molar-refractivity contribution in [2.45, 2.75) is 33.7 Å². The normalized spacial score (nSPS) is 13.3. The van der Waals surface area contributed by atoms with Gasteiger partial charge in [-0.2, -0.15) is 0 Å². The first-order valence-electron chi connectivity index (χ1n) is 5.09. The third kappa shape index (κ3) is 3.17. The van der Waals surface area contributed by atoms with Gasteiger partial charge in [0, 0.05) is 18.4 Å². The Morgan fingerprint density at radius 3 is 2.44 bits per heavy atom. The molecule has 0 unspecified atom stereocenters. The van der Waals surface area contributed by atoms with Gasteiger partial charge in [0.25, 0.3) is 5.91 Å². The molecule has 0 aliphatic rings. The van der Waals surface area contributed by atoms with Crippen LogP contribution in [-0.2, 0) is 0 Å². The van der Waals surface area contributed by atoms with E-state index < -0.39 is 0 Å². The third-order valence-electron chi connectivity index (χ3n) is 2.52. The molecule has 0 bridgehead atoms. The zero-order chi connectivity index (χ0) is 12.3. The van der Waals surface area contributed by atoms with Crippen LogP contribution in [0.2, 0.25) is 5.15 Å². The highest BCUT2D eigenvalue weighted by molar-refractivity contribution is 6.32. The minimum Gasteiger partial charge on any atom is -0.348 e. The van der Waals surface area contributed by atoms with Crippen LogP contribution < -0.4 is 5.32 Å². The summed E-state index contributed by atoms with van der Waals surface area (Å²) in [6, 6.07) is 0.0260. The van der Waals surface area contributed by atoms with E-state index in [1.54, 1.807) is 0 Å². The van der Waals surface area contributed by atoms with Crippen LogP contribution in [0.5, 0.6) is 0 Å². The van der Waals surface area contributed by atoms with Gasteiger partial charge in [-0.3, -0.25) is 4.79 Å². The van der Waals surface area contributed by atoms with Crippen LogP contribution in [0.4, 0.5) is 0 Å². The summed E-state index contributed by atoms with van der Waals surface area (Å²) in [5.74, 6) is -0.291. The van der Waals surface area contributed by atoms with Crippen LogP contribution in [0.15, 0.2) is 12.4 Å². The monoisotopic (exact) mass is 241 g/mol. The van der Waals surface area contributed by atoms with E-state index in [4.69, 9.17) is 11.6 Å². The van der Waals surface area contributed by atoms with Crippen molar-refractivity contribution in [2.24, 2.45) is 5.41 Å². The fraction of sp³-hybridized carbons (Fsp3) is 0.545. The second kappa shape index (κ2) is 4.78. The number of nitrogens with zero attached hydrogens (tertiary/aromatic N) is 2. The van der Waals surface area contributed by atoms with Gasteiger partial charge in [-0.25, -0.2) is 9.97 Å². The standard InChI is InChI=1S/C11H16ClN3O/c1-7(11(2,3)4)15-10(16)8-9(12)14-6-5-13-8/h5-7H,1-4H3,(H,15,16)/t7-/m1/s1. The van der Waals surface area contributed by atoms with Gasteiger partial charge in [0.1, 0.15) is 0 Å². The molecule has 0 spiro atoms. The van der Waals surface area contributed by atoms with Crippen molar-refractivity contribution in [3.05, 3.63) is 23.2 Å². The second-order valence-corrected chi connectivity index (χ2v) is 5.11. The molecule has 88 valence electrons. The van der Waals surface area contributed by atoms with E-state index in [1.807, 2.05) is 6.92 Å². The van der Waals surface area contributed by atoms with Gasteiger partial charge < -0.3 is 5.32 Å². The lowest BCUT2D eigenvalue weighted by atomic mass is 9.88. The Labute approximate surface area is 100 Å². The molecule has 0 aliphatic carbocycles. The third-order valence-corrected chi connectivity index (χ3v) is 2.79. The van der Waals surface area contributed by atoms with Crippen molar-refractivity contribution in [2.75, 3.05) is 0 Å². The topological polar surface area (TPSA) is 54.9 Å². The molecular weight excluding hydrogens is 226 g/mol. The molecule has 0 aliphatic heterocycles. The minimum atomic E-state index is -0.291. The van der Waals surface area contributed by atoms with Crippen molar-refractivity contribution in [3.63, 3.8) is 0 Å². The van der Waals surface area contributed by atoms with Gasteiger partial charge in [-0.15, -0.1) is 0 Å². The van der Waals surface area contributed by atoms with E-state index in [2.05, 4.69) is 36.1 Å². The summed E-state index contributed by atoms with van der Waals surface area (Å²) in [6.07, 6.45) is 2.90. The molecule has 16 heavy (non-hydrogen) atoms. The Morgan fingerprint density at radius 1 is 1.38 bits per heavy atom. The summed E-state index contributed by atoms with van der Waals surface area (Å²) in [7, 11) is 0. The molecule has 0 saturated heterocycles. The molecule has 1 heterocycles. The maximum Gasteiger partial charge on any atom is 0.273 e. The maximum atomic E-state index is 11.8. The molecule has 1 amide bonds. The largest absolute Gasteiger partial charge is 0.348 e. The second-order valence-electron chi connectivity index (χ2n) is 4.76. The number of carbonyl (C=O) groups excluding carboxylic acids is 1. The number of hydrogen-bond donors (Lipinski definition) is 1. The first-order chi connectivity index (χ1) is 7.32. The molecule has 0 radical (unpaired) electrons. The fourth-order valence-electron chi connectivity index (χ4n) is 0.955. The van der Waals surface area contributed by atoms with E-state index in [-0.39, 0.29) is 28.2 Å². The van der Waals surface area contributed by atoms with Gasteiger partial charge in [-0.1, -0.05) is 32.4 Å². The molecule has 0 aromatic carbocycles. The van der Waals surface area contributed by atoms with Crippen LogP contribution in [0.1, 0.15) is 38.2 Å². The average Bonchev–Trinajstić information content (AvgIpc) is 2.16. The number of amides is 1. The lowest BCUT2D eigenvalue weighted by Gasteiger charge is -2.27. The van der Waals surface area contributed by atoms with E-state index in [9.17, 15) is 4.79 Å². The molecule has 1 aromatic rings. The van der Waals surface area contributed by atoms with E-state index in [0.717, 1.165) is 0 Å². The Bertz CT molecular complexity index is 387.